The van der Waals surface area contributed by atoms with E-state index in [1.54, 1.807) is 0 Å². The van der Waals surface area contributed by atoms with Crippen molar-refractivity contribution < 1.29 is 39.9 Å². The van der Waals surface area contributed by atoms with E-state index in [1.165, 1.54) is 19.3 Å². The van der Waals surface area contributed by atoms with E-state index in [1.807, 2.05) is 0 Å². The average molecular weight is 320 g/mol. The summed E-state index contributed by atoms with van der Waals surface area (Å²) in [4.78, 5) is 20.6. The van der Waals surface area contributed by atoms with Gasteiger partial charge in [-0.15, -0.1) is 0 Å². The second-order valence-corrected chi connectivity index (χ2v) is 4.87. The second kappa shape index (κ2) is 10.9. The molecule has 0 radical (unpaired) electrons. The van der Waals surface area contributed by atoms with Gasteiger partial charge in [-0.3, -0.25) is 4.79 Å². The summed E-state index contributed by atoms with van der Waals surface area (Å²) in [6.07, 6.45) is 3.11. The lowest BCUT2D eigenvalue weighted by Crippen LogP contribution is -2.31. The van der Waals surface area contributed by atoms with Crippen LogP contribution in [0.4, 0.5) is 0 Å². The van der Waals surface area contributed by atoms with Gasteiger partial charge in [-0.05, 0) is 6.42 Å². The molecule has 128 valence electrons. The number of ether oxygens (including phenoxy) is 1. The fourth-order valence-electron chi connectivity index (χ4n) is 1.70. The lowest BCUT2D eigenvalue weighted by molar-refractivity contribution is -0.147. The Balaban J connectivity index is 0.000000409. The molecule has 1 rings (SSSR count). The molecule has 0 aromatic heterocycles. The molecular formula is C14H24O8. The topological polar surface area (TPSA) is 145 Å². The van der Waals surface area contributed by atoms with Gasteiger partial charge in [0.1, 0.15) is 6.10 Å². The molecule has 0 fully saturated rings. The number of carboxylic acids is 1. The highest BCUT2D eigenvalue weighted by Crippen LogP contribution is 2.20. The van der Waals surface area contributed by atoms with Crippen LogP contribution in [0.5, 0.6) is 0 Å². The van der Waals surface area contributed by atoms with Gasteiger partial charge >= 0.3 is 11.9 Å². The van der Waals surface area contributed by atoms with Crippen LogP contribution in [-0.2, 0) is 14.3 Å². The van der Waals surface area contributed by atoms with Crippen molar-refractivity contribution in [2.75, 3.05) is 6.61 Å². The van der Waals surface area contributed by atoms with E-state index in [4.69, 9.17) is 25.5 Å². The normalized spacial score (nSPS) is 18.5. The monoisotopic (exact) mass is 320 g/mol. The molecule has 5 N–H and O–H groups in total. The first-order valence-corrected chi connectivity index (χ1v) is 7.18. The van der Waals surface area contributed by atoms with Gasteiger partial charge in [-0.1, -0.05) is 32.6 Å². The summed E-state index contributed by atoms with van der Waals surface area (Å²) < 4.78 is 4.32. The van der Waals surface area contributed by atoms with Crippen molar-refractivity contribution in [3.63, 3.8) is 0 Å². The number of aliphatic hydroxyl groups is 4. The number of unbranched alkanes of at least 4 members (excludes halogenated alkanes) is 4. The van der Waals surface area contributed by atoms with Crippen molar-refractivity contribution in [1.29, 1.82) is 0 Å². The second-order valence-electron chi connectivity index (χ2n) is 4.87. The van der Waals surface area contributed by atoms with E-state index in [2.05, 4.69) is 11.7 Å². The minimum atomic E-state index is -1.42. The van der Waals surface area contributed by atoms with Crippen LogP contribution in [0.25, 0.3) is 0 Å². The van der Waals surface area contributed by atoms with Crippen LogP contribution in [0.1, 0.15) is 45.4 Å². The molecule has 1 heterocycles. The molecule has 0 bridgehead atoms. The van der Waals surface area contributed by atoms with Gasteiger partial charge in [0.25, 0.3) is 0 Å². The summed E-state index contributed by atoms with van der Waals surface area (Å²) in [5.41, 5.74) is 0. The Morgan fingerprint density at radius 1 is 1.23 bits per heavy atom. The van der Waals surface area contributed by atoms with Gasteiger partial charge in [-0.2, -0.15) is 0 Å². The van der Waals surface area contributed by atoms with Crippen LogP contribution in [0.3, 0.4) is 0 Å². The zero-order chi connectivity index (χ0) is 17.1. The average Bonchev–Trinajstić information content (AvgIpc) is 2.74. The summed E-state index contributed by atoms with van der Waals surface area (Å²) >= 11 is 0. The number of hydrogen-bond donors (Lipinski definition) is 5. The Kier molecular flexibility index (Phi) is 9.97. The molecule has 8 heteroatoms. The lowest BCUT2D eigenvalue weighted by Gasteiger charge is -2.13. The number of carbonyl (C=O) groups excluding carboxylic acids is 1. The maximum Gasteiger partial charge on any atom is 0.377 e. The predicted octanol–water partition coefficient (Wildman–Crippen LogP) is 1.02. The van der Waals surface area contributed by atoms with Crippen molar-refractivity contribution in [2.24, 2.45) is 0 Å². The minimum absolute atomic E-state index is 0.337. The Hall–Kier alpha value is -1.80. The van der Waals surface area contributed by atoms with Gasteiger partial charge in [-0.25, -0.2) is 4.79 Å². The van der Waals surface area contributed by atoms with E-state index >= 15 is 0 Å². The molecule has 1 aliphatic rings. The first-order chi connectivity index (χ1) is 10.3. The third-order valence-corrected chi connectivity index (χ3v) is 2.97. The number of aliphatic hydroxyl groups excluding tert-OH is 4. The van der Waals surface area contributed by atoms with E-state index in [0.29, 0.717) is 6.42 Å². The largest absolute Gasteiger partial charge is 0.505 e. The highest BCUT2D eigenvalue weighted by atomic mass is 16.6. The highest BCUT2D eigenvalue weighted by molar-refractivity contribution is 5.89. The first-order valence-electron chi connectivity index (χ1n) is 7.18. The van der Waals surface area contributed by atoms with Gasteiger partial charge in [0.2, 0.25) is 5.76 Å². The number of aliphatic carboxylic acids is 1. The zero-order valence-corrected chi connectivity index (χ0v) is 12.6. The molecule has 0 spiro atoms. The molecule has 2 atom stereocenters. The van der Waals surface area contributed by atoms with Crippen LogP contribution in [0, 0.1) is 0 Å². The molecular weight excluding hydrogens is 296 g/mol. The van der Waals surface area contributed by atoms with Gasteiger partial charge < -0.3 is 30.3 Å². The van der Waals surface area contributed by atoms with Gasteiger partial charge in [0, 0.05) is 6.42 Å². The highest BCUT2D eigenvalue weighted by Gasteiger charge is 2.38. The van der Waals surface area contributed by atoms with Gasteiger partial charge in [0.15, 0.2) is 11.9 Å². The van der Waals surface area contributed by atoms with Crippen LogP contribution in [0.2, 0.25) is 0 Å². The number of rotatable bonds is 8. The van der Waals surface area contributed by atoms with E-state index in [9.17, 15) is 9.59 Å². The molecule has 8 nitrogen and oxygen atoms in total. The molecule has 22 heavy (non-hydrogen) atoms. The molecule has 0 saturated carbocycles. The summed E-state index contributed by atoms with van der Waals surface area (Å²) in [6.45, 7) is 1.48. The van der Waals surface area contributed by atoms with Crippen molar-refractivity contribution in [3.8, 4) is 0 Å². The number of hydrogen-bond acceptors (Lipinski definition) is 7. The third kappa shape index (κ3) is 7.28. The predicted molar refractivity (Wildman–Crippen MR) is 76.3 cm³/mol. The quantitative estimate of drug-likeness (QED) is 0.329. The van der Waals surface area contributed by atoms with Crippen LogP contribution in [0.15, 0.2) is 11.5 Å². The maximum absolute atomic E-state index is 10.5. The van der Waals surface area contributed by atoms with E-state index in [-0.39, 0.29) is 0 Å². The number of carbonyl (C=O) groups is 2. The number of carboxylic acid groups (broad SMARTS) is 1. The minimum Gasteiger partial charge on any atom is -0.505 e. The lowest BCUT2D eigenvalue weighted by atomic mass is 10.1. The molecule has 1 unspecified atom stereocenters. The van der Waals surface area contributed by atoms with E-state index < -0.39 is 42.3 Å². The zero-order valence-electron chi connectivity index (χ0n) is 12.6. The van der Waals surface area contributed by atoms with Crippen LogP contribution >= 0.6 is 0 Å². The Labute approximate surface area is 128 Å². The summed E-state index contributed by atoms with van der Waals surface area (Å²) in [6, 6.07) is 0. The van der Waals surface area contributed by atoms with Crippen molar-refractivity contribution in [3.05, 3.63) is 11.5 Å². The smallest absolute Gasteiger partial charge is 0.377 e. The molecule has 0 aromatic carbocycles. The summed E-state index contributed by atoms with van der Waals surface area (Å²) in [7, 11) is 0. The fraction of sp³-hybridized carbons (Fsp3) is 0.714. The SMILES string of the molecule is CCCCCCCC(=O)O.O=C1O[C@H](C(O)CO)C(O)=C1O. The maximum atomic E-state index is 10.5. The standard InChI is InChI=1S/C8H16O2.C6H8O6/c1-2-3-4-5-6-7-8(9)10;7-1-2(8)5-3(9)4(10)6(11)12-5/h2-7H2,1H3,(H,9,10);2,5,7-10H,1H2/t;2?,5-/m.1/s1. The number of cyclic esters (lactones) is 1. The Bertz CT molecular complexity index is 390. The molecule has 0 aliphatic carbocycles. The van der Waals surface area contributed by atoms with Crippen LogP contribution < -0.4 is 0 Å². The Morgan fingerprint density at radius 2 is 1.82 bits per heavy atom. The van der Waals surface area contributed by atoms with Crippen molar-refractivity contribution in [1.82, 2.24) is 0 Å². The van der Waals surface area contributed by atoms with Crippen LogP contribution in [-0.4, -0.2) is 56.3 Å². The van der Waals surface area contributed by atoms with Crippen molar-refractivity contribution in [2.45, 2.75) is 57.7 Å². The Morgan fingerprint density at radius 3 is 2.23 bits per heavy atom. The molecule has 0 aromatic rings. The number of esters is 1. The first kappa shape index (κ1) is 20.2. The summed E-state index contributed by atoms with van der Waals surface area (Å²) in [5.74, 6) is -3.45. The van der Waals surface area contributed by atoms with Crippen molar-refractivity contribution >= 4 is 11.9 Å². The molecule has 0 saturated heterocycles. The van der Waals surface area contributed by atoms with Gasteiger partial charge in [0.05, 0.1) is 6.61 Å². The molecule has 0 amide bonds. The van der Waals surface area contributed by atoms with E-state index in [0.717, 1.165) is 12.8 Å². The molecule has 1 aliphatic heterocycles. The summed E-state index contributed by atoms with van der Waals surface area (Å²) in [5, 5.41) is 43.3. The fourth-order valence-corrected chi connectivity index (χ4v) is 1.70. The third-order valence-electron chi connectivity index (χ3n) is 2.97.